The van der Waals surface area contributed by atoms with Crippen LogP contribution in [0.1, 0.15) is 78.0 Å². The number of ether oxygens (including phenoxy) is 1. The van der Waals surface area contributed by atoms with Gasteiger partial charge in [0.15, 0.2) is 0 Å². The van der Waals surface area contributed by atoms with Crippen molar-refractivity contribution >= 4 is 25.0 Å². The first-order valence-corrected chi connectivity index (χ1v) is 13.7. The van der Waals surface area contributed by atoms with Crippen LogP contribution in [0.5, 0.6) is 5.75 Å². The van der Waals surface area contributed by atoms with Gasteiger partial charge in [-0.05, 0) is 55.4 Å². The van der Waals surface area contributed by atoms with Gasteiger partial charge in [0.25, 0.3) is 0 Å². The average molecular weight is 488 g/mol. The van der Waals surface area contributed by atoms with Gasteiger partial charge in [-0.3, -0.25) is 9.36 Å². The summed E-state index contributed by atoms with van der Waals surface area (Å²) in [6.07, 6.45) is 2.80. The normalized spacial score (nSPS) is 19.0. The van der Waals surface area contributed by atoms with Crippen LogP contribution < -0.4 is 10.1 Å². The molecular weight excluding hydrogens is 449 g/mol. The van der Waals surface area contributed by atoms with Crippen molar-refractivity contribution in [1.82, 2.24) is 5.32 Å². The van der Waals surface area contributed by atoms with Crippen LogP contribution in [-0.2, 0) is 24.8 Å². The highest BCUT2D eigenvalue weighted by Crippen LogP contribution is 2.48. The summed E-state index contributed by atoms with van der Waals surface area (Å²) in [5.41, 5.74) is 2.12. The van der Waals surface area contributed by atoms with Gasteiger partial charge >= 0.3 is 7.60 Å². The van der Waals surface area contributed by atoms with Crippen molar-refractivity contribution in [3.63, 3.8) is 0 Å². The zero-order valence-electron chi connectivity index (χ0n) is 20.3. The number of fused-ring (bicyclic) bond motifs is 1. The van der Waals surface area contributed by atoms with Crippen LogP contribution in [0.15, 0.2) is 12.1 Å². The van der Waals surface area contributed by atoms with Crippen LogP contribution in [-0.4, -0.2) is 37.8 Å². The highest BCUT2D eigenvalue weighted by Gasteiger charge is 2.36. The smallest absolute Gasteiger partial charge is 0.338 e. The Kier molecular flexibility index (Phi) is 10.2. The minimum Gasteiger partial charge on any atom is -0.492 e. The summed E-state index contributed by atoms with van der Waals surface area (Å²) < 4.78 is 29.4. The first-order valence-electron chi connectivity index (χ1n) is 11.6. The number of nitrogens with one attached hydrogen (secondary N) is 1. The Bertz CT molecular complexity index is 813. The van der Waals surface area contributed by atoms with Crippen molar-refractivity contribution in [1.29, 1.82) is 0 Å². The Morgan fingerprint density at radius 3 is 2.41 bits per heavy atom. The molecule has 32 heavy (non-hydrogen) atoms. The lowest BCUT2D eigenvalue weighted by atomic mass is 9.77. The molecule has 0 amide bonds. The molecule has 1 N–H and O–H groups in total. The van der Waals surface area contributed by atoms with E-state index in [9.17, 15) is 9.36 Å². The molecule has 1 heterocycles. The van der Waals surface area contributed by atoms with E-state index in [-0.39, 0.29) is 49.1 Å². The lowest BCUT2D eigenvalue weighted by Gasteiger charge is -2.40. The molecule has 0 saturated carbocycles. The van der Waals surface area contributed by atoms with E-state index in [1.54, 1.807) is 13.8 Å². The van der Waals surface area contributed by atoms with Crippen LogP contribution in [0.25, 0.3) is 0 Å². The fourth-order valence-electron chi connectivity index (χ4n) is 3.92. The van der Waals surface area contributed by atoms with Gasteiger partial charge in [0.1, 0.15) is 17.7 Å². The van der Waals surface area contributed by atoms with Gasteiger partial charge in [-0.15, -0.1) is 0 Å². The number of benzene rings is 1. The molecule has 182 valence electrons. The van der Waals surface area contributed by atoms with Crippen molar-refractivity contribution in [2.75, 3.05) is 26.0 Å². The minimum atomic E-state index is -3.43. The zero-order valence-corrected chi connectivity index (χ0v) is 22.0. The molecule has 6 nitrogen and oxygen atoms in total. The van der Waals surface area contributed by atoms with E-state index < -0.39 is 7.60 Å². The zero-order chi connectivity index (χ0) is 23.9. The third-order valence-corrected chi connectivity index (χ3v) is 7.99. The molecule has 0 aromatic heterocycles. The van der Waals surface area contributed by atoms with Gasteiger partial charge in [0, 0.05) is 18.5 Å². The highest BCUT2D eigenvalue weighted by molar-refractivity contribution is 7.54. The molecule has 2 atom stereocenters. The Labute approximate surface area is 198 Å². The summed E-state index contributed by atoms with van der Waals surface area (Å²) in [6, 6.07) is 3.87. The van der Waals surface area contributed by atoms with Crippen LogP contribution in [0.2, 0.25) is 5.02 Å². The number of carbonyl (C=O) groups is 1. The molecule has 0 aliphatic carbocycles. The summed E-state index contributed by atoms with van der Waals surface area (Å²) in [4.78, 5) is 12.9. The van der Waals surface area contributed by atoms with E-state index in [1.165, 1.54) is 0 Å². The maximum absolute atomic E-state index is 12.9. The average Bonchev–Trinajstić information content (AvgIpc) is 2.68. The molecule has 2 rings (SSSR count). The Morgan fingerprint density at radius 2 is 1.84 bits per heavy atom. The number of hydrogen-bond acceptors (Lipinski definition) is 6. The van der Waals surface area contributed by atoms with Gasteiger partial charge in [0.2, 0.25) is 0 Å². The molecular formula is C24H39ClNO5P. The lowest BCUT2D eigenvalue weighted by Crippen LogP contribution is -2.47. The standard InChI is InChI=1S/C24H39ClNO5P/c1-7-10-11-29-22-12-17-13-23(24(4,5)6)26-21(19(17)15-20(22)25)14-18(27)16-32(28,30-8-2)31-9-3/h12,15,21,23,26H,7-11,13-14,16H2,1-6H3. The molecule has 0 radical (unpaired) electrons. The second-order valence-corrected chi connectivity index (χ2v) is 11.8. The molecule has 2 unspecified atom stereocenters. The van der Waals surface area contributed by atoms with Crippen LogP contribution >= 0.6 is 19.2 Å². The number of hydrogen-bond donors (Lipinski definition) is 1. The van der Waals surface area contributed by atoms with E-state index in [1.807, 2.05) is 12.1 Å². The maximum atomic E-state index is 12.9. The summed E-state index contributed by atoms with van der Waals surface area (Å²) in [6.45, 7) is 13.2. The third-order valence-electron chi connectivity index (χ3n) is 5.65. The number of halogens is 1. The molecule has 1 aromatic rings. The topological polar surface area (TPSA) is 73.9 Å². The second kappa shape index (κ2) is 12.0. The molecule has 0 spiro atoms. The Morgan fingerprint density at radius 1 is 1.19 bits per heavy atom. The largest absolute Gasteiger partial charge is 0.492 e. The SMILES string of the molecule is CCCCOc1cc2c(cc1Cl)C(CC(=O)CP(=O)(OCC)OCC)NC(C(C)(C)C)C2. The van der Waals surface area contributed by atoms with Gasteiger partial charge < -0.3 is 19.1 Å². The Balaban J connectivity index is 2.29. The van der Waals surface area contributed by atoms with E-state index in [4.69, 9.17) is 25.4 Å². The lowest BCUT2D eigenvalue weighted by molar-refractivity contribution is -0.117. The summed E-state index contributed by atoms with van der Waals surface area (Å²) in [5, 5.41) is 4.18. The van der Waals surface area contributed by atoms with Crippen molar-refractivity contribution in [2.24, 2.45) is 5.41 Å². The molecule has 8 heteroatoms. The van der Waals surface area contributed by atoms with E-state index in [2.05, 4.69) is 33.0 Å². The van der Waals surface area contributed by atoms with Crippen LogP contribution in [0, 0.1) is 5.41 Å². The Hall–Kier alpha value is -0.910. The first-order chi connectivity index (χ1) is 15.0. The molecule has 1 aliphatic heterocycles. The highest BCUT2D eigenvalue weighted by atomic mass is 35.5. The fraction of sp³-hybridized carbons (Fsp3) is 0.708. The molecule has 1 aromatic carbocycles. The van der Waals surface area contributed by atoms with E-state index in [0.717, 1.165) is 30.4 Å². The number of ketones is 1. The molecule has 1 aliphatic rings. The predicted octanol–water partition coefficient (Wildman–Crippen LogP) is 6.35. The number of unbranched alkanes of at least 4 members (excludes halogenated alkanes) is 1. The van der Waals surface area contributed by atoms with Crippen molar-refractivity contribution in [3.8, 4) is 5.75 Å². The predicted molar refractivity (Wildman–Crippen MR) is 130 cm³/mol. The number of carbonyl (C=O) groups excluding carboxylic acids is 1. The third kappa shape index (κ3) is 7.56. The van der Waals surface area contributed by atoms with Gasteiger partial charge in [0.05, 0.1) is 24.8 Å². The second-order valence-electron chi connectivity index (χ2n) is 9.37. The number of rotatable bonds is 12. The monoisotopic (exact) mass is 487 g/mol. The molecule has 0 saturated heterocycles. The van der Waals surface area contributed by atoms with Crippen molar-refractivity contribution < 1.29 is 23.1 Å². The van der Waals surface area contributed by atoms with Crippen molar-refractivity contribution in [3.05, 3.63) is 28.3 Å². The summed E-state index contributed by atoms with van der Waals surface area (Å²) in [5.74, 6) is 0.531. The fourth-order valence-corrected chi connectivity index (χ4v) is 5.75. The van der Waals surface area contributed by atoms with Crippen LogP contribution in [0.4, 0.5) is 0 Å². The molecule has 0 fully saturated rings. The van der Waals surface area contributed by atoms with Crippen LogP contribution in [0.3, 0.4) is 0 Å². The van der Waals surface area contributed by atoms with Gasteiger partial charge in [-0.1, -0.05) is 45.7 Å². The quantitative estimate of drug-likeness (QED) is 0.273. The van der Waals surface area contributed by atoms with Gasteiger partial charge in [-0.25, -0.2) is 0 Å². The van der Waals surface area contributed by atoms with Crippen molar-refractivity contribution in [2.45, 2.75) is 79.3 Å². The maximum Gasteiger partial charge on any atom is 0.338 e. The summed E-state index contributed by atoms with van der Waals surface area (Å²) >= 11 is 6.54. The first kappa shape index (κ1) is 27.3. The molecule has 0 bridgehead atoms. The minimum absolute atomic E-state index is 0.00616. The van der Waals surface area contributed by atoms with E-state index >= 15 is 0 Å². The van der Waals surface area contributed by atoms with Gasteiger partial charge in [-0.2, -0.15) is 0 Å². The summed E-state index contributed by atoms with van der Waals surface area (Å²) in [7, 11) is -3.43. The number of Topliss-reactive ketones (excluding diaryl/α,β-unsaturated/α-hetero) is 1. The van der Waals surface area contributed by atoms with E-state index in [0.29, 0.717) is 17.4 Å².